The monoisotopic (exact) mass is 289 g/mol. The van der Waals surface area contributed by atoms with Crippen LogP contribution in [0.4, 0.5) is 5.69 Å². The lowest BCUT2D eigenvalue weighted by molar-refractivity contribution is -0.385. The van der Waals surface area contributed by atoms with Crippen LogP contribution in [-0.2, 0) is 4.79 Å². The number of nitrogens with zero attached hydrogens (tertiary/aromatic N) is 2. The molecular formula is C13H11N3O3S. The summed E-state index contributed by atoms with van der Waals surface area (Å²) in [6.07, 6.45) is 1.78. The van der Waals surface area contributed by atoms with E-state index in [-0.39, 0.29) is 18.0 Å². The Balaban J connectivity index is 2.59. The van der Waals surface area contributed by atoms with E-state index in [1.54, 1.807) is 24.5 Å². The summed E-state index contributed by atoms with van der Waals surface area (Å²) in [6.45, 7) is 0. The standard InChI is InChI=1S/C13H11N3O3S/c1-20-13-10(7-14)9(6-12(17)15-13)8-4-2-3-5-11(8)16(18)19/h2-5,9H,6H2,1H3,(H,15,17). The Morgan fingerprint density at radius 1 is 1.50 bits per heavy atom. The predicted molar refractivity (Wildman–Crippen MR) is 74.8 cm³/mol. The summed E-state index contributed by atoms with van der Waals surface area (Å²) in [4.78, 5) is 22.3. The molecule has 0 saturated carbocycles. The molecule has 2 rings (SSSR count). The molecule has 1 aliphatic heterocycles. The average molecular weight is 289 g/mol. The second-order valence-corrected chi connectivity index (χ2v) is 5.00. The number of nitrogens with one attached hydrogen (secondary N) is 1. The van der Waals surface area contributed by atoms with Crippen LogP contribution in [0.5, 0.6) is 0 Å². The van der Waals surface area contributed by atoms with E-state index in [2.05, 4.69) is 11.4 Å². The summed E-state index contributed by atoms with van der Waals surface area (Å²) in [7, 11) is 0. The van der Waals surface area contributed by atoms with Gasteiger partial charge in [0, 0.05) is 24.0 Å². The quantitative estimate of drug-likeness (QED) is 0.680. The van der Waals surface area contributed by atoms with Gasteiger partial charge in [-0.15, -0.1) is 11.8 Å². The summed E-state index contributed by atoms with van der Waals surface area (Å²) in [5.41, 5.74) is 0.697. The molecule has 0 aromatic heterocycles. The van der Waals surface area contributed by atoms with Crippen molar-refractivity contribution in [3.8, 4) is 6.07 Å². The zero-order valence-electron chi connectivity index (χ0n) is 10.6. The minimum absolute atomic E-state index is 0.0395. The van der Waals surface area contributed by atoms with Gasteiger partial charge in [0.2, 0.25) is 5.91 Å². The first-order valence-electron chi connectivity index (χ1n) is 5.80. The van der Waals surface area contributed by atoms with E-state index in [1.165, 1.54) is 17.8 Å². The van der Waals surface area contributed by atoms with Gasteiger partial charge in [-0.3, -0.25) is 14.9 Å². The number of carbonyl (C=O) groups excluding carboxylic acids is 1. The first kappa shape index (κ1) is 14.1. The van der Waals surface area contributed by atoms with Crippen LogP contribution < -0.4 is 5.32 Å². The number of allylic oxidation sites excluding steroid dienone is 1. The lowest BCUT2D eigenvalue weighted by atomic mass is 9.86. The molecule has 1 aliphatic rings. The molecule has 0 radical (unpaired) electrons. The molecule has 0 aliphatic carbocycles. The topological polar surface area (TPSA) is 96.0 Å². The first-order chi connectivity index (χ1) is 9.58. The number of carbonyl (C=O) groups is 1. The lowest BCUT2D eigenvalue weighted by Gasteiger charge is -2.24. The molecule has 0 saturated heterocycles. The van der Waals surface area contributed by atoms with Crippen LogP contribution in [0.3, 0.4) is 0 Å². The van der Waals surface area contributed by atoms with Gasteiger partial charge in [0.15, 0.2) is 0 Å². The molecule has 0 spiro atoms. The number of amides is 1. The van der Waals surface area contributed by atoms with Crippen molar-refractivity contribution in [1.29, 1.82) is 5.26 Å². The van der Waals surface area contributed by atoms with E-state index in [0.717, 1.165) is 0 Å². The second kappa shape index (κ2) is 5.75. The number of rotatable bonds is 3. The smallest absolute Gasteiger partial charge is 0.273 e. The summed E-state index contributed by atoms with van der Waals surface area (Å²) in [5, 5.41) is 23.5. The number of hydrogen-bond donors (Lipinski definition) is 1. The van der Waals surface area contributed by atoms with E-state index in [9.17, 15) is 20.2 Å². The molecule has 1 N–H and O–H groups in total. The molecule has 7 heteroatoms. The molecule has 0 bridgehead atoms. The molecule has 20 heavy (non-hydrogen) atoms. The third-order valence-electron chi connectivity index (χ3n) is 3.07. The van der Waals surface area contributed by atoms with E-state index in [1.807, 2.05) is 0 Å². The Hall–Kier alpha value is -2.33. The maximum atomic E-state index is 11.7. The second-order valence-electron chi connectivity index (χ2n) is 4.18. The van der Waals surface area contributed by atoms with Crippen LogP contribution in [0.2, 0.25) is 0 Å². The fourth-order valence-corrected chi connectivity index (χ4v) is 2.82. The minimum atomic E-state index is -0.571. The van der Waals surface area contributed by atoms with Gasteiger partial charge < -0.3 is 5.32 Å². The van der Waals surface area contributed by atoms with Crippen LogP contribution in [0.1, 0.15) is 17.9 Å². The molecule has 1 amide bonds. The van der Waals surface area contributed by atoms with Gasteiger partial charge in [0.1, 0.15) is 0 Å². The van der Waals surface area contributed by atoms with Gasteiger partial charge in [-0.25, -0.2) is 0 Å². The highest BCUT2D eigenvalue weighted by Crippen LogP contribution is 2.38. The number of hydrogen-bond acceptors (Lipinski definition) is 5. The highest BCUT2D eigenvalue weighted by Gasteiger charge is 2.32. The highest BCUT2D eigenvalue weighted by molar-refractivity contribution is 8.02. The Labute approximate surface area is 119 Å². The third kappa shape index (κ3) is 2.51. The van der Waals surface area contributed by atoms with Crippen LogP contribution >= 0.6 is 11.8 Å². The zero-order valence-corrected chi connectivity index (χ0v) is 11.4. The summed E-state index contributed by atoms with van der Waals surface area (Å²) in [5.74, 6) is -0.811. The lowest BCUT2D eigenvalue weighted by Crippen LogP contribution is -2.30. The van der Waals surface area contributed by atoms with Gasteiger partial charge in [0.25, 0.3) is 5.69 Å². The van der Waals surface area contributed by atoms with Crippen molar-refractivity contribution in [3.05, 3.63) is 50.5 Å². The van der Waals surface area contributed by atoms with Crippen molar-refractivity contribution in [2.75, 3.05) is 6.26 Å². The summed E-state index contributed by atoms with van der Waals surface area (Å²) in [6, 6.07) is 8.27. The van der Waals surface area contributed by atoms with Crippen LogP contribution in [0.15, 0.2) is 34.9 Å². The normalized spacial score (nSPS) is 18.4. The molecule has 1 unspecified atom stereocenters. The van der Waals surface area contributed by atoms with E-state index >= 15 is 0 Å². The van der Waals surface area contributed by atoms with Gasteiger partial charge in [-0.05, 0) is 6.26 Å². The largest absolute Gasteiger partial charge is 0.320 e. The van der Waals surface area contributed by atoms with Gasteiger partial charge >= 0.3 is 0 Å². The molecule has 6 nitrogen and oxygen atoms in total. The molecule has 1 aromatic carbocycles. The van der Waals surface area contributed by atoms with Crippen molar-refractivity contribution in [2.24, 2.45) is 0 Å². The average Bonchev–Trinajstić information content (AvgIpc) is 2.46. The molecular weight excluding hydrogens is 278 g/mol. The van der Waals surface area contributed by atoms with Crippen molar-refractivity contribution >= 4 is 23.4 Å². The Kier molecular flexibility index (Phi) is 4.05. The predicted octanol–water partition coefficient (Wildman–Crippen LogP) is 2.30. The van der Waals surface area contributed by atoms with Crippen molar-refractivity contribution in [3.63, 3.8) is 0 Å². The number of nitro groups is 1. The fourth-order valence-electron chi connectivity index (χ4n) is 2.19. The highest BCUT2D eigenvalue weighted by atomic mass is 32.2. The Morgan fingerprint density at radius 3 is 2.80 bits per heavy atom. The molecule has 102 valence electrons. The maximum Gasteiger partial charge on any atom is 0.273 e. The van der Waals surface area contributed by atoms with E-state index < -0.39 is 10.8 Å². The molecule has 0 fully saturated rings. The summed E-state index contributed by atoms with van der Waals surface area (Å²) < 4.78 is 0. The SMILES string of the molecule is CSC1=C(C#N)C(c2ccccc2[N+](=O)[O-])CC(=O)N1. The molecule has 1 heterocycles. The molecule has 1 atom stereocenters. The van der Waals surface area contributed by atoms with Crippen molar-refractivity contribution in [1.82, 2.24) is 5.32 Å². The number of nitro benzene ring substituents is 1. The van der Waals surface area contributed by atoms with Gasteiger partial charge in [-0.2, -0.15) is 5.26 Å². The van der Waals surface area contributed by atoms with Crippen molar-refractivity contribution in [2.45, 2.75) is 12.3 Å². The first-order valence-corrected chi connectivity index (χ1v) is 7.02. The minimum Gasteiger partial charge on any atom is -0.320 e. The Morgan fingerprint density at radius 2 is 2.20 bits per heavy atom. The number of nitriles is 1. The van der Waals surface area contributed by atoms with Crippen LogP contribution in [0.25, 0.3) is 0 Å². The van der Waals surface area contributed by atoms with E-state index in [0.29, 0.717) is 16.2 Å². The fraction of sp³-hybridized carbons (Fsp3) is 0.231. The third-order valence-corrected chi connectivity index (χ3v) is 3.80. The number of thioether (sulfide) groups is 1. The summed E-state index contributed by atoms with van der Waals surface area (Å²) >= 11 is 1.25. The van der Waals surface area contributed by atoms with Crippen LogP contribution in [0, 0.1) is 21.4 Å². The maximum absolute atomic E-state index is 11.7. The van der Waals surface area contributed by atoms with Gasteiger partial charge in [0.05, 0.1) is 21.6 Å². The van der Waals surface area contributed by atoms with Crippen molar-refractivity contribution < 1.29 is 9.72 Å². The number of para-hydroxylation sites is 1. The Bertz CT molecular complexity index is 649. The number of benzene rings is 1. The van der Waals surface area contributed by atoms with E-state index in [4.69, 9.17) is 0 Å². The van der Waals surface area contributed by atoms with Crippen LogP contribution in [-0.4, -0.2) is 17.1 Å². The molecule has 1 aromatic rings. The zero-order chi connectivity index (χ0) is 14.7. The van der Waals surface area contributed by atoms with Gasteiger partial charge in [-0.1, -0.05) is 18.2 Å².